The van der Waals surface area contributed by atoms with Gasteiger partial charge in [0.1, 0.15) is 5.75 Å². The number of ether oxygens (including phenoxy) is 2. The van der Waals surface area contributed by atoms with Gasteiger partial charge in [-0.15, -0.1) is 0 Å². The second-order valence-electron chi connectivity index (χ2n) is 4.93. The van der Waals surface area contributed by atoms with Crippen molar-refractivity contribution in [3.8, 4) is 5.75 Å². The zero-order valence-corrected chi connectivity index (χ0v) is 12.2. The Kier molecular flexibility index (Phi) is 4.74. The third-order valence-corrected chi connectivity index (χ3v) is 3.31. The van der Waals surface area contributed by atoms with E-state index in [1.165, 1.54) is 0 Å². The van der Waals surface area contributed by atoms with Gasteiger partial charge in [-0.2, -0.15) is 0 Å². The lowest BCUT2D eigenvalue weighted by Crippen LogP contribution is -2.16. The second-order valence-corrected chi connectivity index (χ2v) is 4.93. The standard InChI is InChI=1S/C17H20O3/c1-12(10-11-19-3)20-17-15(13(2)18)9-8-14-6-4-5-7-16(14)17/h4-9,12H,10-11H2,1-3H3. The van der Waals surface area contributed by atoms with Crippen LogP contribution in [-0.4, -0.2) is 25.6 Å². The van der Waals surface area contributed by atoms with E-state index in [0.29, 0.717) is 17.9 Å². The summed E-state index contributed by atoms with van der Waals surface area (Å²) >= 11 is 0. The Morgan fingerprint density at radius 3 is 2.65 bits per heavy atom. The highest BCUT2D eigenvalue weighted by Gasteiger charge is 2.15. The van der Waals surface area contributed by atoms with Crippen LogP contribution in [0.2, 0.25) is 0 Å². The maximum absolute atomic E-state index is 11.8. The molecule has 1 atom stereocenters. The fourth-order valence-corrected chi connectivity index (χ4v) is 2.19. The summed E-state index contributed by atoms with van der Waals surface area (Å²) in [5.74, 6) is 0.698. The predicted molar refractivity (Wildman–Crippen MR) is 80.5 cm³/mol. The first-order valence-corrected chi connectivity index (χ1v) is 6.81. The summed E-state index contributed by atoms with van der Waals surface area (Å²) < 4.78 is 11.1. The second kappa shape index (κ2) is 6.53. The topological polar surface area (TPSA) is 35.5 Å². The summed E-state index contributed by atoms with van der Waals surface area (Å²) in [6.45, 7) is 4.20. The molecule has 0 aromatic heterocycles. The zero-order chi connectivity index (χ0) is 14.5. The molecule has 1 unspecified atom stereocenters. The summed E-state index contributed by atoms with van der Waals surface area (Å²) in [6, 6.07) is 11.7. The van der Waals surface area contributed by atoms with Crippen LogP contribution >= 0.6 is 0 Å². The highest BCUT2D eigenvalue weighted by molar-refractivity contribution is 6.03. The summed E-state index contributed by atoms with van der Waals surface area (Å²) in [4.78, 5) is 11.8. The van der Waals surface area contributed by atoms with Crippen LogP contribution in [0.25, 0.3) is 10.8 Å². The molecule has 3 heteroatoms. The highest BCUT2D eigenvalue weighted by Crippen LogP contribution is 2.31. The number of hydrogen-bond acceptors (Lipinski definition) is 3. The number of rotatable bonds is 6. The summed E-state index contributed by atoms with van der Waals surface area (Å²) in [5, 5.41) is 2.05. The van der Waals surface area contributed by atoms with Gasteiger partial charge in [0, 0.05) is 25.5 Å². The van der Waals surface area contributed by atoms with E-state index in [-0.39, 0.29) is 11.9 Å². The number of ketones is 1. The molecule has 0 N–H and O–H groups in total. The molecule has 0 aliphatic heterocycles. The maximum atomic E-state index is 11.8. The molecule has 2 rings (SSSR count). The van der Waals surface area contributed by atoms with Gasteiger partial charge in [-0.3, -0.25) is 4.79 Å². The summed E-state index contributed by atoms with van der Waals surface area (Å²) in [5.41, 5.74) is 0.632. The smallest absolute Gasteiger partial charge is 0.163 e. The molecule has 20 heavy (non-hydrogen) atoms. The van der Waals surface area contributed by atoms with Crippen molar-refractivity contribution >= 4 is 16.6 Å². The quantitative estimate of drug-likeness (QED) is 0.749. The first-order chi connectivity index (χ1) is 9.63. The van der Waals surface area contributed by atoms with Crippen molar-refractivity contribution in [2.75, 3.05) is 13.7 Å². The molecular weight excluding hydrogens is 252 g/mol. The first kappa shape index (κ1) is 14.5. The van der Waals surface area contributed by atoms with Crippen molar-refractivity contribution in [2.45, 2.75) is 26.4 Å². The van der Waals surface area contributed by atoms with Gasteiger partial charge in [-0.1, -0.05) is 30.3 Å². The highest BCUT2D eigenvalue weighted by atomic mass is 16.5. The fraction of sp³-hybridized carbons (Fsp3) is 0.353. The van der Waals surface area contributed by atoms with Gasteiger partial charge in [-0.25, -0.2) is 0 Å². The Bertz CT molecular complexity index is 604. The van der Waals surface area contributed by atoms with Crippen molar-refractivity contribution in [1.82, 2.24) is 0 Å². The van der Waals surface area contributed by atoms with Gasteiger partial charge in [-0.05, 0) is 25.3 Å². The molecule has 0 heterocycles. The van der Waals surface area contributed by atoms with Crippen LogP contribution in [0, 0.1) is 0 Å². The summed E-state index contributed by atoms with van der Waals surface area (Å²) in [6.07, 6.45) is 0.788. The van der Waals surface area contributed by atoms with E-state index < -0.39 is 0 Å². The van der Waals surface area contributed by atoms with Crippen LogP contribution in [0.4, 0.5) is 0 Å². The minimum absolute atomic E-state index is 0.00106. The van der Waals surface area contributed by atoms with Gasteiger partial charge in [0.25, 0.3) is 0 Å². The van der Waals surface area contributed by atoms with Crippen LogP contribution in [0.3, 0.4) is 0 Å². The normalized spacial score (nSPS) is 12.3. The van der Waals surface area contributed by atoms with E-state index in [1.54, 1.807) is 14.0 Å². The lowest BCUT2D eigenvalue weighted by Gasteiger charge is -2.18. The number of methoxy groups -OCH3 is 1. The van der Waals surface area contributed by atoms with E-state index in [9.17, 15) is 4.79 Å². The van der Waals surface area contributed by atoms with Crippen LogP contribution in [-0.2, 0) is 4.74 Å². The van der Waals surface area contributed by atoms with Gasteiger partial charge >= 0.3 is 0 Å². The Hall–Kier alpha value is -1.87. The van der Waals surface area contributed by atoms with Gasteiger partial charge in [0.2, 0.25) is 0 Å². The van der Waals surface area contributed by atoms with Crippen LogP contribution in [0.1, 0.15) is 30.6 Å². The molecule has 2 aromatic rings. The van der Waals surface area contributed by atoms with E-state index in [1.807, 2.05) is 43.3 Å². The average molecular weight is 272 g/mol. The molecule has 0 spiro atoms. The molecule has 0 amide bonds. The third kappa shape index (κ3) is 3.17. The Balaban J connectivity index is 2.41. The molecule has 2 aromatic carbocycles. The molecule has 0 fully saturated rings. The third-order valence-electron chi connectivity index (χ3n) is 3.31. The number of Topliss-reactive ketones (excluding diaryl/α,β-unsaturated/α-hetero) is 1. The lowest BCUT2D eigenvalue weighted by molar-refractivity contribution is 0.100. The Labute approximate surface area is 119 Å². The molecule has 0 saturated carbocycles. The van der Waals surface area contributed by atoms with E-state index >= 15 is 0 Å². The van der Waals surface area contributed by atoms with Gasteiger partial charge in [0.15, 0.2) is 5.78 Å². The molecular formula is C17H20O3. The van der Waals surface area contributed by atoms with Crippen molar-refractivity contribution in [3.63, 3.8) is 0 Å². The minimum Gasteiger partial charge on any atom is -0.489 e. The van der Waals surface area contributed by atoms with Crippen molar-refractivity contribution in [1.29, 1.82) is 0 Å². The SMILES string of the molecule is COCCC(C)Oc1c(C(C)=O)ccc2ccccc12. The fourth-order valence-electron chi connectivity index (χ4n) is 2.19. The summed E-state index contributed by atoms with van der Waals surface area (Å²) in [7, 11) is 1.67. The zero-order valence-electron chi connectivity index (χ0n) is 12.2. The number of carbonyl (C=O) groups excluding carboxylic acids is 1. The number of benzene rings is 2. The van der Waals surface area contributed by atoms with Crippen LogP contribution in [0.15, 0.2) is 36.4 Å². The predicted octanol–water partition coefficient (Wildman–Crippen LogP) is 3.85. The van der Waals surface area contributed by atoms with Gasteiger partial charge < -0.3 is 9.47 Å². The largest absolute Gasteiger partial charge is 0.489 e. The monoisotopic (exact) mass is 272 g/mol. The molecule has 0 saturated heterocycles. The first-order valence-electron chi connectivity index (χ1n) is 6.81. The van der Waals surface area contributed by atoms with E-state index in [4.69, 9.17) is 9.47 Å². The van der Waals surface area contributed by atoms with Crippen molar-refractivity contribution in [2.24, 2.45) is 0 Å². The van der Waals surface area contributed by atoms with E-state index in [2.05, 4.69) is 0 Å². The molecule has 3 nitrogen and oxygen atoms in total. The maximum Gasteiger partial charge on any atom is 0.163 e. The van der Waals surface area contributed by atoms with Crippen LogP contribution in [0.5, 0.6) is 5.75 Å². The van der Waals surface area contributed by atoms with Crippen LogP contribution < -0.4 is 4.74 Å². The minimum atomic E-state index is -0.00106. The molecule has 0 bridgehead atoms. The van der Waals surface area contributed by atoms with Gasteiger partial charge in [0.05, 0.1) is 11.7 Å². The molecule has 106 valence electrons. The van der Waals surface area contributed by atoms with E-state index in [0.717, 1.165) is 17.2 Å². The average Bonchev–Trinajstić information content (AvgIpc) is 2.45. The number of fused-ring (bicyclic) bond motifs is 1. The molecule has 0 aliphatic rings. The molecule has 0 radical (unpaired) electrons. The lowest BCUT2D eigenvalue weighted by atomic mass is 10.0. The Morgan fingerprint density at radius 1 is 1.20 bits per heavy atom. The van der Waals surface area contributed by atoms with Crippen molar-refractivity contribution in [3.05, 3.63) is 42.0 Å². The Morgan fingerprint density at radius 2 is 1.95 bits per heavy atom. The number of hydrogen-bond donors (Lipinski definition) is 0. The van der Waals surface area contributed by atoms with Crippen molar-refractivity contribution < 1.29 is 14.3 Å². The number of carbonyl (C=O) groups is 1. The molecule has 0 aliphatic carbocycles.